The average molecular weight is 318 g/mol. The normalized spacial score (nSPS) is 12.5. The maximum absolute atomic E-state index is 4.61. The van der Waals surface area contributed by atoms with Crippen LogP contribution in [0.1, 0.15) is 29.1 Å². The Balaban J connectivity index is 2.02. The van der Waals surface area contributed by atoms with Crippen LogP contribution in [0.3, 0.4) is 0 Å². The molecule has 2 N–H and O–H groups in total. The Bertz CT molecular complexity index is 734. The molecule has 0 aliphatic rings. The third kappa shape index (κ3) is 2.87. The molecule has 3 aromatic heterocycles. The number of aryl methyl sites for hydroxylation is 1. The molecule has 6 heteroatoms. The zero-order valence-corrected chi connectivity index (χ0v) is 13.9. The Morgan fingerprint density at radius 3 is 2.86 bits per heavy atom. The van der Waals surface area contributed by atoms with Crippen LogP contribution < -0.4 is 10.6 Å². The number of hydrogen-bond donors (Lipinski definition) is 2. The minimum Gasteiger partial charge on any atom is -0.362 e. The van der Waals surface area contributed by atoms with Gasteiger partial charge in [-0.1, -0.05) is 13.0 Å². The molecule has 1 unspecified atom stereocenters. The molecule has 0 saturated carbocycles. The van der Waals surface area contributed by atoms with Crippen LogP contribution in [-0.2, 0) is 0 Å². The van der Waals surface area contributed by atoms with Crippen LogP contribution >= 0.6 is 22.7 Å². The van der Waals surface area contributed by atoms with E-state index in [2.05, 4.69) is 58.0 Å². The molecule has 3 aromatic rings. The molecule has 0 spiro atoms. The minimum atomic E-state index is 0.285. The second-order valence-electron chi connectivity index (χ2n) is 4.84. The van der Waals surface area contributed by atoms with Crippen LogP contribution in [0.15, 0.2) is 23.6 Å². The molecule has 0 saturated heterocycles. The Kier molecular flexibility index (Phi) is 4.07. The second kappa shape index (κ2) is 5.99. The Morgan fingerprint density at radius 1 is 1.33 bits per heavy atom. The van der Waals surface area contributed by atoms with Crippen molar-refractivity contribution < 1.29 is 0 Å². The zero-order chi connectivity index (χ0) is 14.8. The first-order valence-corrected chi connectivity index (χ1v) is 8.66. The van der Waals surface area contributed by atoms with E-state index in [1.54, 1.807) is 22.7 Å². The molecular formula is C15H18N4S2. The summed E-state index contributed by atoms with van der Waals surface area (Å²) >= 11 is 3.48. The number of rotatable bonds is 5. The molecule has 0 aliphatic carbocycles. The molecule has 0 fully saturated rings. The van der Waals surface area contributed by atoms with Crippen LogP contribution in [0.4, 0.5) is 11.8 Å². The summed E-state index contributed by atoms with van der Waals surface area (Å²) in [6.07, 6.45) is 1.02. The largest absolute Gasteiger partial charge is 0.362 e. The predicted octanol–water partition coefficient (Wildman–Crippen LogP) is 4.67. The number of thiophene rings is 2. The summed E-state index contributed by atoms with van der Waals surface area (Å²) in [5.74, 6) is 1.57. The van der Waals surface area contributed by atoms with E-state index < -0.39 is 0 Å². The van der Waals surface area contributed by atoms with Crippen LogP contribution in [0, 0.1) is 6.92 Å². The predicted molar refractivity (Wildman–Crippen MR) is 92.7 cm³/mol. The Morgan fingerprint density at radius 2 is 2.19 bits per heavy atom. The van der Waals surface area contributed by atoms with Gasteiger partial charge in [0.25, 0.3) is 0 Å². The minimum absolute atomic E-state index is 0.285. The van der Waals surface area contributed by atoms with Crippen molar-refractivity contribution in [3.8, 4) is 0 Å². The van der Waals surface area contributed by atoms with Crippen molar-refractivity contribution in [3.63, 3.8) is 0 Å². The van der Waals surface area contributed by atoms with Gasteiger partial charge in [-0.05, 0) is 30.9 Å². The van der Waals surface area contributed by atoms with Gasteiger partial charge in [0.1, 0.15) is 10.6 Å². The van der Waals surface area contributed by atoms with E-state index in [1.807, 2.05) is 7.05 Å². The SMILES string of the molecule is CCC(Nc1nc(NC)nc2sc(C)cc12)c1cccs1. The maximum atomic E-state index is 4.61. The van der Waals surface area contributed by atoms with Gasteiger partial charge in [0.2, 0.25) is 5.95 Å². The van der Waals surface area contributed by atoms with Gasteiger partial charge < -0.3 is 10.6 Å². The highest BCUT2D eigenvalue weighted by Gasteiger charge is 2.15. The van der Waals surface area contributed by atoms with Gasteiger partial charge in [0.15, 0.2) is 0 Å². The molecule has 3 heterocycles. The van der Waals surface area contributed by atoms with Gasteiger partial charge >= 0.3 is 0 Å². The van der Waals surface area contributed by atoms with Crippen molar-refractivity contribution >= 4 is 44.7 Å². The summed E-state index contributed by atoms with van der Waals surface area (Å²) in [7, 11) is 1.85. The molecule has 0 aliphatic heterocycles. The number of nitrogens with zero attached hydrogens (tertiary/aromatic N) is 2. The lowest BCUT2D eigenvalue weighted by Crippen LogP contribution is -2.10. The summed E-state index contributed by atoms with van der Waals surface area (Å²) in [6.45, 7) is 4.29. The van der Waals surface area contributed by atoms with Gasteiger partial charge in [0.05, 0.1) is 11.4 Å². The summed E-state index contributed by atoms with van der Waals surface area (Å²) in [5, 5.41) is 9.85. The van der Waals surface area contributed by atoms with Crippen molar-refractivity contribution in [1.82, 2.24) is 9.97 Å². The van der Waals surface area contributed by atoms with Gasteiger partial charge in [-0.2, -0.15) is 4.98 Å². The Labute approximate surface area is 132 Å². The number of fused-ring (bicyclic) bond motifs is 1. The third-order valence-electron chi connectivity index (χ3n) is 3.35. The average Bonchev–Trinajstić information content (AvgIpc) is 3.12. The molecule has 110 valence electrons. The van der Waals surface area contributed by atoms with Gasteiger partial charge in [0, 0.05) is 16.8 Å². The fraction of sp³-hybridized carbons (Fsp3) is 0.333. The second-order valence-corrected chi connectivity index (χ2v) is 7.06. The number of anilines is 2. The fourth-order valence-electron chi connectivity index (χ4n) is 2.29. The van der Waals surface area contributed by atoms with Gasteiger partial charge in [-0.15, -0.1) is 22.7 Å². The lowest BCUT2D eigenvalue weighted by molar-refractivity contribution is 0.760. The van der Waals surface area contributed by atoms with Crippen LogP contribution in [0.5, 0.6) is 0 Å². The fourth-order valence-corrected chi connectivity index (χ4v) is 4.03. The first-order chi connectivity index (χ1) is 10.2. The third-order valence-corrected chi connectivity index (χ3v) is 5.28. The van der Waals surface area contributed by atoms with Crippen molar-refractivity contribution in [1.29, 1.82) is 0 Å². The monoisotopic (exact) mass is 318 g/mol. The molecular weight excluding hydrogens is 300 g/mol. The van der Waals surface area contributed by atoms with E-state index in [-0.39, 0.29) is 6.04 Å². The lowest BCUT2D eigenvalue weighted by atomic mass is 10.2. The van der Waals surface area contributed by atoms with Gasteiger partial charge in [-0.3, -0.25) is 0 Å². The molecule has 0 radical (unpaired) electrons. The van der Waals surface area contributed by atoms with Gasteiger partial charge in [-0.25, -0.2) is 4.98 Å². The first kappa shape index (κ1) is 14.3. The lowest BCUT2D eigenvalue weighted by Gasteiger charge is -2.17. The van der Waals surface area contributed by atoms with Crippen molar-refractivity contribution in [2.24, 2.45) is 0 Å². The van der Waals surface area contributed by atoms with Crippen LogP contribution in [-0.4, -0.2) is 17.0 Å². The molecule has 0 amide bonds. The highest BCUT2D eigenvalue weighted by Crippen LogP contribution is 2.33. The van der Waals surface area contributed by atoms with E-state index in [0.29, 0.717) is 5.95 Å². The molecule has 1 atom stereocenters. The first-order valence-electron chi connectivity index (χ1n) is 6.97. The van der Waals surface area contributed by atoms with Crippen molar-refractivity contribution in [2.45, 2.75) is 26.3 Å². The quantitative estimate of drug-likeness (QED) is 0.718. The molecule has 21 heavy (non-hydrogen) atoms. The maximum Gasteiger partial charge on any atom is 0.225 e. The zero-order valence-electron chi connectivity index (χ0n) is 12.3. The number of nitrogens with one attached hydrogen (secondary N) is 2. The number of aromatic nitrogens is 2. The van der Waals surface area contributed by atoms with E-state index in [4.69, 9.17) is 0 Å². The number of hydrogen-bond acceptors (Lipinski definition) is 6. The molecule has 0 bridgehead atoms. The van der Waals surface area contributed by atoms with E-state index >= 15 is 0 Å². The molecule has 3 rings (SSSR count). The molecule has 0 aromatic carbocycles. The standard InChI is InChI=1S/C15H18N4S2/c1-4-11(12-6-5-7-20-12)17-13-10-8-9(2)21-14(10)19-15(16-3)18-13/h5-8,11H,4H2,1-3H3,(H2,16,17,18,19). The van der Waals surface area contributed by atoms with E-state index in [9.17, 15) is 0 Å². The van der Waals surface area contributed by atoms with Crippen LogP contribution in [0.2, 0.25) is 0 Å². The Hall–Kier alpha value is -1.66. The summed E-state index contributed by atoms with van der Waals surface area (Å²) in [6, 6.07) is 6.70. The van der Waals surface area contributed by atoms with E-state index in [0.717, 1.165) is 22.5 Å². The highest BCUT2D eigenvalue weighted by molar-refractivity contribution is 7.18. The highest BCUT2D eigenvalue weighted by atomic mass is 32.1. The summed E-state index contributed by atoms with van der Waals surface area (Å²) in [5.41, 5.74) is 0. The van der Waals surface area contributed by atoms with E-state index in [1.165, 1.54) is 9.75 Å². The topological polar surface area (TPSA) is 49.8 Å². The smallest absolute Gasteiger partial charge is 0.225 e. The van der Waals surface area contributed by atoms with Crippen LogP contribution in [0.25, 0.3) is 10.2 Å². The summed E-state index contributed by atoms with van der Waals surface area (Å²) in [4.78, 5) is 12.7. The molecule has 4 nitrogen and oxygen atoms in total. The van der Waals surface area contributed by atoms with Crippen molar-refractivity contribution in [2.75, 3.05) is 17.7 Å². The van der Waals surface area contributed by atoms with Crippen molar-refractivity contribution in [3.05, 3.63) is 33.3 Å². The summed E-state index contributed by atoms with van der Waals surface area (Å²) < 4.78 is 0.